The molecule has 0 aliphatic heterocycles. The van der Waals surface area contributed by atoms with Crippen LogP contribution in [0.4, 0.5) is 0 Å². The Labute approximate surface area is 137 Å². The van der Waals surface area contributed by atoms with E-state index in [0.717, 1.165) is 25.0 Å². The maximum absolute atomic E-state index is 10.6. The van der Waals surface area contributed by atoms with E-state index in [1.807, 2.05) is 0 Å². The van der Waals surface area contributed by atoms with Crippen molar-refractivity contribution in [1.29, 1.82) is 0 Å². The molecule has 2 saturated carbocycles. The second-order valence-electron chi connectivity index (χ2n) is 9.08. The molecule has 0 heterocycles. The first-order chi connectivity index (χ1) is 10.3. The van der Waals surface area contributed by atoms with Gasteiger partial charge in [-0.3, -0.25) is 0 Å². The minimum atomic E-state index is 0.460. The fraction of sp³-hybridized carbons (Fsp3) is 0.857. The molecule has 2 aliphatic rings. The second kappa shape index (κ2) is 6.89. The minimum absolute atomic E-state index is 0.460. The van der Waals surface area contributed by atoms with Crippen LogP contribution in [0.15, 0.2) is 12.2 Å². The summed E-state index contributed by atoms with van der Waals surface area (Å²) in [7, 11) is 0. The lowest BCUT2D eigenvalue weighted by molar-refractivity contribution is -0.108. The maximum atomic E-state index is 10.6. The molecule has 0 bridgehead atoms. The van der Waals surface area contributed by atoms with Crippen LogP contribution in [0, 0.1) is 28.6 Å². The molecular formula is C21H36O. The van der Waals surface area contributed by atoms with Crippen LogP contribution in [0.5, 0.6) is 0 Å². The van der Waals surface area contributed by atoms with Crippen LogP contribution in [-0.4, -0.2) is 6.29 Å². The Hall–Kier alpha value is -0.590. The van der Waals surface area contributed by atoms with E-state index >= 15 is 0 Å². The molecule has 0 aromatic rings. The lowest BCUT2D eigenvalue weighted by Gasteiger charge is -2.58. The summed E-state index contributed by atoms with van der Waals surface area (Å²) in [5.41, 5.74) is 2.47. The lowest BCUT2D eigenvalue weighted by Crippen LogP contribution is -2.49. The van der Waals surface area contributed by atoms with Crippen LogP contribution in [-0.2, 0) is 4.79 Å². The number of aldehydes is 1. The maximum Gasteiger partial charge on any atom is 0.120 e. The number of carbonyl (C=O) groups is 1. The topological polar surface area (TPSA) is 17.1 Å². The summed E-state index contributed by atoms with van der Waals surface area (Å²) in [6.07, 6.45) is 12.1. The van der Waals surface area contributed by atoms with Crippen molar-refractivity contribution in [1.82, 2.24) is 0 Å². The van der Waals surface area contributed by atoms with Crippen molar-refractivity contribution in [2.45, 2.75) is 85.5 Å². The first-order valence-electron chi connectivity index (χ1n) is 9.42. The molecule has 126 valence electrons. The Kier molecular flexibility index (Phi) is 5.56. The monoisotopic (exact) mass is 304 g/mol. The van der Waals surface area contributed by atoms with Gasteiger partial charge in [0.05, 0.1) is 0 Å². The Morgan fingerprint density at radius 1 is 1.27 bits per heavy atom. The highest BCUT2D eigenvalue weighted by Crippen LogP contribution is 2.61. The Morgan fingerprint density at radius 3 is 2.68 bits per heavy atom. The van der Waals surface area contributed by atoms with Gasteiger partial charge in [-0.2, -0.15) is 0 Å². The minimum Gasteiger partial charge on any atom is -0.303 e. The lowest BCUT2D eigenvalue weighted by atomic mass is 9.47. The first-order valence-corrected chi connectivity index (χ1v) is 9.42. The molecule has 1 heteroatoms. The zero-order chi connectivity index (χ0) is 16.4. The van der Waals surface area contributed by atoms with Crippen LogP contribution in [0.1, 0.15) is 85.5 Å². The van der Waals surface area contributed by atoms with Crippen molar-refractivity contribution in [3.05, 3.63) is 12.2 Å². The van der Waals surface area contributed by atoms with Crippen molar-refractivity contribution in [2.75, 3.05) is 0 Å². The fourth-order valence-corrected chi connectivity index (χ4v) is 5.76. The summed E-state index contributed by atoms with van der Waals surface area (Å²) in [4.78, 5) is 10.6. The fourth-order valence-electron chi connectivity index (χ4n) is 5.76. The number of hydrogen-bond donors (Lipinski definition) is 0. The average molecular weight is 305 g/mol. The molecule has 0 radical (unpaired) electrons. The van der Waals surface area contributed by atoms with Crippen LogP contribution >= 0.6 is 0 Å². The number of fused-ring (bicyclic) bond motifs is 1. The largest absolute Gasteiger partial charge is 0.303 e. The highest BCUT2D eigenvalue weighted by Gasteiger charge is 2.52. The molecule has 4 atom stereocenters. The van der Waals surface area contributed by atoms with Crippen molar-refractivity contribution in [2.24, 2.45) is 28.6 Å². The molecule has 1 nitrogen and oxygen atoms in total. The van der Waals surface area contributed by atoms with E-state index in [0.29, 0.717) is 22.7 Å². The molecule has 2 rings (SSSR count). The van der Waals surface area contributed by atoms with Gasteiger partial charge >= 0.3 is 0 Å². The van der Waals surface area contributed by atoms with E-state index in [1.165, 1.54) is 50.5 Å². The van der Waals surface area contributed by atoms with Gasteiger partial charge in [0.2, 0.25) is 0 Å². The van der Waals surface area contributed by atoms with Gasteiger partial charge in [0.1, 0.15) is 6.29 Å². The van der Waals surface area contributed by atoms with E-state index in [-0.39, 0.29) is 0 Å². The number of carbonyl (C=O) groups excluding carboxylic acids is 1. The van der Waals surface area contributed by atoms with Gasteiger partial charge in [0, 0.05) is 6.42 Å². The van der Waals surface area contributed by atoms with Gasteiger partial charge in [-0.15, -0.1) is 0 Å². The molecule has 0 aromatic heterocycles. The van der Waals surface area contributed by atoms with E-state index in [9.17, 15) is 4.79 Å². The Bertz CT molecular complexity index is 408. The molecule has 0 N–H and O–H groups in total. The zero-order valence-electron chi connectivity index (χ0n) is 15.3. The van der Waals surface area contributed by atoms with Crippen molar-refractivity contribution >= 4 is 6.29 Å². The number of allylic oxidation sites excluding steroid dienone is 1. The Balaban J connectivity index is 2.07. The summed E-state index contributed by atoms with van der Waals surface area (Å²) < 4.78 is 0. The smallest absolute Gasteiger partial charge is 0.120 e. The molecule has 2 aliphatic carbocycles. The Morgan fingerprint density at radius 2 is 2.00 bits per heavy atom. The van der Waals surface area contributed by atoms with E-state index in [1.54, 1.807) is 0 Å². The molecule has 2 fully saturated rings. The highest BCUT2D eigenvalue weighted by molar-refractivity contribution is 5.49. The normalized spacial score (nSPS) is 35.7. The summed E-state index contributed by atoms with van der Waals surface area (Å²) in [6, 6.07) is 0. The van der Waals surface area contributed by atoms with Crippen LogP contribution in [0.3, 0.4) is 0 Å². The first kappa shape index (κ1) is 17.8. The predicted molar refractivity (Wildman–Crippen MR) is 94.8 cm³/mol. The molecule has 0 saturated heterocycles. The predicted octanol–water partition coefficient (Wildman–Crippen LogP) is 6.18. The van der Waals surface area contributed by atoms with Gasteiger partial charge in [0.15, 0.2) is 0 Å². The van der Waals surface area contributed by atoms with E-state index < -0.39 is 0 Å². The zero-order valence-corrected chi connectivity index (χ0v) is 15.3. The van der Waals surface area contributed by atoms with Crippen molar-refractivity contribution in [3.63, 3.8) is 0 Å². The standard InChI is InChI=1S/C21H36O/c1-16(8-6-15-22)9-11-18-17(2)10-12-19-20(3,4)13-7-14-21(18,19)5/h15-16,18-19H,2,6-14H2,1,3-5H3/t16?,18-,19-,21+/m0/s1. The highest BCUT2D eigenvalue weighted by atomic mass is 16.1. The summed E-state index contributed by atoms with van der Waals surface area (Å²) in [6.45, 7) is 14.3. The molecule has 22 heavy (non-hydrogen) atoms. The van der Waals surface area contributed by atoms with Crippen molar-refractivity contribution in [3.8, 4) is 0 Å². The van der Waals surface area contributed by atoms with E-state index in [4.69, 9.17) is 0 Å². The molecule has 1 unspecified atom stereocenters. The molecular weight excluding hydrogens is 268 g/mol. The third-order valence-corrected chi connectivity index (χ3v) is 7.04. The SMILES string of the molecule is C=C1CC[C@H]2C(C)(C)CCC[C@]2(C)[C@H]1CCC(C)CCC=O. The summed E-state index contributed by atoms with van der Waals surface area (Å²) in [5, 5.41) is 0. The summed E-state index contributed by atoms with van der Waals surface area (Å²) >= 11 is 0. The quantitative estimate of drug-likeness (QED) is 0.423. The summed E-state index contributed by atoms with van der Waals surface area (Å²) in [5.74, 6) is 2.22. The molecule has 0 aromatic carbocycles. The average Bonchev–Trinajstić information content (AvgIpc) is 2.43. The third-order valence-electron chi connectivity index (χ3n) is 7.04. The third kappa shape index (κ3) is 3.49. The van der Waals surface area contributed by atoms with Gasteiger partial charge in [-0.25, -0.2) is 0 Å². The van der Waals surface area contributed by atoms with Crippen molar-refractivity contribution < 1.29 is 4.79 Å². The van der Waals surface area contributed by atoms with Gasteiger partial charge < -0.3 is 4.79 Å². The molecule has 0 amide bonds. The van der Waals surface area contributed by atoms with Crippen LogP contribution < -0.4 is 0 Å². The second-order valence-corrected chi connectivity index (χ2v) is 9.08. The molecule has 0 spiro atoms. The van der Waals surface area contributed by atoms with Gasteiger partial charge in [-0.05, 0) is 67.1 Å². The van der Waals surface area contributed by atoms with E-state index in [2.05, 4.69) is 34.3 Å². The number of hydrogen-bond acceptors (Lipinski definition) is 1. The van der Waals surface area contributed by atoms with Gasteiger partial charge in [0.25, 0.3) is 0 Å². The van der Waals surface area contributed by atoms with Crippen LogP contribution in [0.25, 0.3) is 0 Å². The van der Waals surface area contributed by atoms with Crippen LogP contribution in [0.2, 0.25) is 0 Å². The van der Waals surface area contributed by atoms with Gasteiger partial charge in [-0.1, -0.05) is 52.7 Å². The number of rotatable bonds is 6.